The molecule has 10 nitrogen and oxygen atoms in total. The number of benzene rings is 2. The lowest BCUT2D eigenvalue weighted by atomic mass is 9.92. The summed E-state index contributed by atoms with van der Waals surface area (Å²) in [6.07, 6.45) is 2.33. The minimum atomic E-state index is -1.11. The van der Waals surface area contributed by atoms with Crippen LogP contribution in [0, 0.1) is 11.6 Å². The minimum Gasteiger partial charge on any atom is -0.496 e. The lowest BCUT2D eigenvalue weighted by molar-refractivity contribution is 0.0103. The molecule has 4 heterocycles. The molecule has 2 aromatic carbocycles. The van der Waals surface area contributed by atoms with Gasteiger partial charge < -0.3 is 29.7 Å². The molecule has 0 saturated carbocycles. The van der Waals surface area contributed by atoms with Gasteiger partial charge in [-0.3, -0.25) is 9.59 Å². The maximum Gasteiger partial charge on any atom is 0.261 e. The number of ether oxygens (including phenoxy) is 3. The van der Waals surface area contributed by atoms with Crippen molar-refractivity contribution in [1.29, 1.82) is 0 Å². The zero-order chi connectivity index (χ0) is 28.0. The average Bonchev–Trinajstić information content (AvgIpc) is 3.37. The van der Waals surface area contributed by atoms with E-state index in [2.05, 4.69) is 20.5 Å². The first-order chi connectivity index (χ1) is 19.4. The summed E-state index contributed by atoms with van der Waals surface area (Å²) < 4.78 is 43.9. The van der Waals surface area contributed by atoms with Gasteiger partial charge in [-0.05, 0) is 30.7 Å². The van der Waals surface area contributed by atoms with Gasteiger partial charge >= 0.3 is 0 Å². The Hall–Kier alpha value is -4.36. The Morgan fingerprint density at radius 3 is 2.52 bits per heavy atom. The van der Waals surface area contributed by atoms with E-state index in [1.807, 2.05) is 0 Å². The molecule has 2 unspecified atom stereocenters. The summed E-state index contributed by atoms with van der Waals surface area (Å²) in [6, 6.07) is 8.30. The molecular formula is C27H23F2N5O5S. The van der Waals surface area contributed by atoms with Crippen LogP contribution in [-0.4, -0.2) is 61.3 Å². The Balaban J connectivity index is 1.33. The van der Waals surface area contributed by atoms with Crippen molar-refractivity contribution in [2.45, 2.75) is 18.5 Å². The Labute approximate surface area is 230 Å². The highest BCUT2D eigenvalue weighted by Gasteiger charge is 2.44. The van der Waals surface area contributed by atoms with Crippen LogP contribution in [0.25, 0.3) is 10.2 Å². The fourth-order valence-electron chi connectivity index (χ4n) is 4.90. The van der Waals surface area contributed by atoms with E-state index in [0.29, 0.717) is 29.2 Å². The number of nitrogens with zero attached hydrogens (tertiary/aromatic N) is 3. The number of pyridine rings is 1. The van der Waals surface area contributed by atoms with Crippen LogP contribution < -0.4 is 25.0 Å². The van der Waals surface area contributed by atoms with Gasteiger partial charge in [-0.1, -0.05) is 11.3 Å². The molecule has 2 aliphatic heterocycles. The van der Waals surface area contributed by atoms with Crippen LogP contribution in [0.1, 0.15) is 27.1 Å². The van der Waals surface area contributed by atoms with Gasteiger partial charge in [0.05, 0.1) is 67.2 Å². The topological polar surface area (TPSA) is 115 Å². The van der Waals surface area contributed by atoms with E-state index in [-0.39, 0.29) is 40.5 Å². The van der Waals surface area contributed by atoms with Gasteiger partial charge in [-0.25, -0.2) is 18.7 Å². The maximum absolute atomic E-state index is 13.7. The summed E-state index contributed by atoms with van der Waals surface area (Å²) in [5.41, 5.74) is 0.995. The third-order valence-corrected chi connectivity index (χ3v) is 7.99. The Morgan fingerprint density at radius 2 is 1.82 bits per heavy atom. The Morgan fingerprint density at radius 1 is 1.02 bits per heavy atom. The number of anilines is 3. The van der Waals surface area contributed by atoms with E-state index >= 15 is 0 Å². The first-order valence-electron chi connectivity index (χ1n) is 12.3. The van der Waals surface area contributed by atoms with E-state index in [1.165, 1.54) is 43.9 Å². The van der Waals surface area contributed by atoms with E-state index in [9.17, 15) is 18.4 Å². The lowest BCUT2D eigenvalue weighted by Crippen LogP contribution is -2.64. The number of morpholine rings is 1. The molecule has 0 spiro atoms. The van der Waals surface area contributed by atoms with Crippen molar-refractivity contribution in [3.05, 3.63) is 65.4 Å². The quantitative estimate of drug-likeness (QED) is 0.336. The maximum atomic E-state index is 13.7. The van der Waals surface area contributed by atoms with Crippen molar-refractivity contribution in [1.82, 2.24) is 9.97 Å². The predicted molar refractivity (Wildman–Crippen MR) is 145 cm³/mol. The van der Waals surface area contributed by atoms with E-state index in [4.69, 9.17) is 19.2 Å². The summed E-state index contributed by atoms with van der Waals surface area (Å²) in [6.45, 7) is 1.28. The fraction of sp³-hybridized carbons (Fsp3) is 0.259. The summed E-state index contributed by atoms with van der Waals surface area (Å²) in [4.78, 5) is 38.0. The number of carbonyl (C=O) groups excluding carboxylic acids is 2. The average molecular weight is 568 g/mol. The lowest BCUT2D eigenvalue weighted by Gasteiger charge is -2.52. The van der Waals surface area contributed by atoms with Gasteiger partial charge in [0.25, 0.3) is 11.8 Å². The van der Waals surface area contributed by atoms with Gasteiger partial charge in [-0.2, -0.15) is 0 Å². The van der Waals surface area contributed by atoms with Crippen molar-refractivity contribution >= 4 is 49.9 Å². The second-order valence-corrected chi connectivity index (χ2v) is 10.3. The van der Waals surface area contributed by atoms with Crippen LogP contribution in [0.3, 0.4) is 0 Å². The van der Waals surface area contributed by atoms with Crippen molar-refractivity contribution in [2.24, 2.45) is 0 Å². The molecule has 4 aromatic rings. The van der Waals surface area contributed by atoms with Gasteiger partial charge in [0, 0.05) is 17.8 Å². The molecule has 206 valence electrons. The van der Waals surface area contributed by atoms with Gasteiger partial charge in [0.2, 0.25) is 5.88 Å². The van der Waals surface area contributed by atoms with Crippen molar-refractivity contribution in [2.75, 3.05) is 43.0 Å². The first kappa shape index (κ1) is 25.9. The van der Waals surface area contributed by atoms with Crippen LogP contribution >= 0.6 is 11.3 Å². The van der Waals surface area contributed by atoms with Crippen LogP contribution in [0.2, 0.25) is 0 Å². The molecule has 0 radical (unpaired) electrons. The van der Waals surface area contributed by atoms with Gasteiger partial charge in [0.1, 0.15) is 11.3 Å². The van der Waals surface area contributed by atoms with Crippen molar-refractivity contribution in [3.8, 4) is 11.6 Å². The van der Waals surface area contributed by atoms with Crippen LogP contribution in [0.4, 0.5) is 25.3 Å². The molecule has 40 heavy (non-hydrogen) atoms. The van der Waals surface area contributed by atoms with Crippen molar-refractivity contribution < 1.29 is 32.6 Å². The number of hydrogen-bond donors (Lipinski definition) is 2. The monoisotopic (exact) mass is 567 g/mol. The molecule has 13 heteroatoms. The zero-order valence-corrected chi connectivity index (χ0v) is 22.2. The number of nitrogens with one attached hydrogen (secondary N) is 2. The van der Waals surface area contributed by atoms with Gasteiger partial charge in [0.15, 0.2) is 16.8 Å². The Kier molecular flexibility index (Phi) is 6.68. The number of hydrogen-bond acceptors (Lipinski definition) is 9. The number of amides is 2. The van der Waals surface area contributed by atoms with Crippen LogP contribution in [0.15, 0.2) is 42.6 Å². The molecule has 2 fully saturated rings. The molecule has 6 rings (SSSR count). The number of aromatic nitrogens is 2. The highest BCUT2D eigenvalue weighted by atomic mass is 32.1. The number of thiazole rings is 1. The molecule has 2 amide bonds. The SMILES string of the molecule is COc1cc(C(=O)Nc2ccc(F)c(F)c2)c(NC(=O)c2c(OC)ccc3nc(N4C5COCC4C5)sc23)cn1. The smallest absolute Gasteiger partial charge is 0.261 e. The minimum absolute atomic E-state index is 0.00512. The molecule has 2 aliphatic rings. The number of methoxy groups -OCH3 is 2. The normalized spacial score (nSPS) is 17.8. The zero-order valence-electron chi connectivity index (χ0n) is 21.4. The molecule has 2 bridgehead atoms. The number of halogens is 2. The third kappa shape index (κ3) is 4.56. The molecule has 2 atom stereocenters. The molecule has 0 aliphatic carbocycles. The van der Waals surface area contributed by atoms with Gasteiger partial charge in [-0.15, -0.1) is 0 Å². The molecule has 2 saturated heterocycles. The van der Waals surface area contributed by atoms with E-state index in [0.717, 1.165) is 23.7 Å². The van der Waals surface area contributed by atoms with Crippen molar-refractivity contribution in [3.63, 3.8) is 0 Å². The highest BCUT2D eigenvalue weighted by molar-refractivity contribution is 7.22. The number of fused-ring (bicyclic) bond motifs is 3. The summed E-state index contributed by atoms with van der Waals surface area (Å²) in [7, 11) is 2.84. The van der Waals surface area contributed by atoms with Crippen LogP contribution in [0.5, 0.6) is 11.6 Å². The second-order valence-electron chi connectivity index (χ2n) is 9.28. The largest absolute Gasteiger partial charge is 0.496 e. The first-order valence-corrected chi connectivity index (χ1v) is 13.1. The fourth-order valence-corrected chi connectivity index (χ4v) is 6.14. The molecule has 2 aromatic heterocycles. The summed E-state index contributed by atoms with van der Waals surface area (Å²) in [5, 5.41) is 6.06. The number of rotatable bonds is 7. The molecule has 2 N–H and O–H groups in total. The molecular weight excluding hydrogens is 544 g/mol. The Bertz CT molecular complexity index is 1630. The van der Waals surface area contributed by atoms with E-state index in [1.54, 1.807) is 12.1 Å². The highest BCUT2D eigenvalue weighted by Crippen LogP contribution is 2.42. The third-order valence-electron chi connectivity index (χ3n) is 6.89. The summed E-state index contributed by atoms with van der Waals surface area (Å²) in [5.74, 6) is -2.95. The standard InChI is InChI=1S/C27H23F2N5O5S/c1-37-21-6-5-19-24(40-27(33-19)34-14-8-15(34)12-39-11-14)23(21)26(36)32-20-10-30-22(38-2)9-16(20)25(35)31-13-3-4-17(28)18(29)7-13/h3-7,9-10,14-15H,8,11-12H2,1-2H3,(H,31,35)(H,32,36). The van der Waals surface area contributed by atoms with E-state index < -0.39 is 23.4 Å². The summed E-state index contributed by atoms with van der Waals surface area (Å²) >= 11 is 1.39. The predicted octanol–water partition coefficient (Wildman–Crippen LogP) is 4.47. The van der Waals surface area contributed by atoms with Crippen LogP contribution in [-0.2, 0) is 4.74 Å². The second kappa shape index (κ2) is 10.3. The number of carbonyl (C=O) groups is 2.